The normalized spacial score (nSPS) is 11.1. The third-order valence-electron chi connectivity index (χ3n) is 5.20. The van der Waals surface area contributed by atoms with E-state index >= 15 is 0 Å². The number of hydrogen-bond acceptors (Lipinski definition) is 5. The molecule has 0 radical (unpaired) electrons. The topological polar surface area (TPSA) is 64.7 Å². The molecule has 0 aliphatic rings. The summed E-state index contributed by atoms with van der Waals surface area (Å²) >= 11 is 1.40. The van der Waals surface area contributed by atoms with E-state index in [2.05, 4.69) is 21.4 Å². The quantitative estimate of drug-likeness (QED) is 0.308. The third-order valence-corrected chi connectivity index (χ3v) is 5.71. The van der Waals surface area contributed by atoms with Crippen LogP contribution in [-0.2, 0) is 0 Å². The second-order valence-corrected chi connectivity index (χ2v) is 7.88. The van der Waals surface area contributed by atoms with Gasteiger partial charge in [-0.2, -0.15) is 5.10 Å². The van der Waals surface area contributed by atoms with E-state index in [9.17, 15) is 4.79 Å². The van der Waals surface area contributed by atoms with Crippen molar-refractivity contribution in [2.45, 2.75) is 6.92 Å². The van der Waals surface area contributed by atoms with Crippen molar-refractivity contribution in [2.24, 2.45) is 0 Å². The highest BCUT2D eigenvalue weighted by Gasteiger charge is 2.12. The van der Waals surface area contributed by atoms with Crippen LogP contribution < -0.4 is 10.3 Å². The fourth-order valence-electron chi connectivity index (χ4n) is 3.68. The second-order valence-electron chi connectivity index (χ2n) is 7.11. The average molecular weight is 426 g/mol. The van der Waals surface area contributed by atoms with Crippen LogP contribution in [0.25, 0.3) is 33.2 Å². The molecular formula is C24H19N5OS. The van der Waals surface area contributed by atoms with Gasteiger partial charge >= 0.3 is 0 Å². The summed E-state index contributed by atoms with van der Waals surface area (Å²) in [6, 6.07) is 17.2. The van der Waals surface area contributed by atoms with Gasteiger partial charge < -0.3 is 4.72 Å². The Morgan fingerprint density at radius 3 is 2.77 bits per heavy atom. The molecule has 5 rings (SSSR count). The molecule has 5 aromatic rings. The van der Waals surface area contributed by atoms with Gasteiger partial charge in [-0.3, -0.25) is 14.3 Å². The van der Waals surface area contributed by atoms with Crippen LogP contribution in [0.3, 0.4) is 0 Å². The summed E-state index contributed by atoms with van der Waals surface area (Å²) in [6.45, 7) is 5.76. The highest BCUT2D eigenvalue weighted by Crippen LogP contribution is 2.28. The number of pyridine rings is 2. The Hall–Kier alpha value is -3.84. The lowest BCUT2D eigenvalue weighted by Crippen LogP contribution is -2.18. The highest BCUT2D eigenvalue weighted by atomic mass is 32.2. The van der Waals surface area contributed by atoms with Gasteiger partial charge in [0.2, 0.25) is 0 Å². The molecule has 3 aromatic heterocycles. The van der Waals surface area contributed by atoms with Gasteiger partial charge in [-0.15, -0.1) is 0 Å². The maximum absolute atomic E-state index is 13.1. The number of rotatable bonds is 5. The minimum atomic E-state index is -0.101. The zero-order valence-corrected chi connectivity index (χ0v) is 17.6. The third kappa shape index (κ3) is 3.39. The molecule has 0 atom stereocenters. The van der Waals surface area contributed by atoms with E-state index in [0.29, 0.717) is 0 Å². The van der Waals surface area contributed by atoms with Crippen LogP contribution >= 0.6 is 11.9 Å². The number of benzene rings is 2. The summed E-state index contributed by atoms with van der Waals surface area (Å²) < 4.78 is 6.81. The first-order chi connectivity index (χ1) is 15.2. The molecule has 0 bridgehead atoms. The molecular weight excluding hydrogens is 406 g/mol. The first-order valence-corrected chi connectivity index (χ1v) is 10.6. The molecule has 3 heterocycles. The predicted octanol–water partition coefficient (Wildman–Crippen LogP) is 5.24. The number of anilines is 1. The summed E-state index contributed by atoms with van der Waals surface area (Å²) in [7, 11) is 0. The molecule has 0 unspecified atom stereocenters. The lowest BCUT2D eigenvalue weighted by molar-refractivity contribution is 0.882. The zero-order valence-electron chi connectivity index (χ0n) is 16.8. The Bertz CT molecular complexity index is 1490. The largest absolute Gasteiger partial charge is 0.326 e. The Morgan fingerprint density at radius 1 is 1.10 bits per heavy atom. The zero-order chi connectivity index (χ0) is 21.4. The average Bonchev–Trinajstić information content (AvgIpc) is 3.33. The lowest BCUT2D eigenvalue weighted by Gasteiger charge is -2.15. The Balaban J connectivity index is 1.82. The van der Waals surface area contributed by atoms with Crippen molar-refractivity contribution >= 4 is 39.4 Å². The van der Waals surface area contributed by atoms with Gasteiger partial charge in [0.15, 0.2) is 0 Å². The van der Waals surface area contributed by atoms with Crippen LogP contribution in [0, 0.1) is 6.92 Å². The minimum Gasteiger partial charge on any atom is -0.326 e. The van der Waals surface area contributed by atoms with Gasteiger partial charge in [-0.25, -0.2) is 4.68 Å². The van der Waals surface area contributed by atoms with Crippen LogP contribution in [0.2, 0.25) is 0 Å². The molecule has 6 nitrogen and oxygen atoms in total. The fraction of sp³-hybridized carbons (Fsp3) is 0.0417. The minimum absolute atomic E-state index is 0.101. The van der Waals surface area contributed by atoms with E-state index in [1.807, 2.05) is 67.8 Å². The van der Waals surface area contributed by atoms with Crippen LogP contribution in [-0.4, -0.2) is 19.3 Å². The van der Waals surface area contributed by atoms with Gasteiger partial charge in [0.1, 0.15) is 0 Å². The second kappa shape index (κ2) is 7.77. The predicted molar refractivity (Wildman–Crippen MR) is 128 cm³/mol. The molecule has 31 heavy (non-hydrogen) atoms. The molecule has 2 aromatic carbocycles. The molecule has 1 N–H and O–H groups in total. The summed E-state index contributed by atoms with van der Waals surface area (Å²) in [5.41, 5.74) is 5.23. The van der Waals surface area contributed by atoms with E-state index in [1.165, 1.54) is 11.9 Å². The molecule has 0 saturated carbocycles. The van der Waals surface area contributed by atoms with Gasteiger partial charge in [0.05, 0.1) is 22.4 Å². The van der Waals surface area contributed by atoms with Crippen LogP contribution in [0.1, 0.15) is 5.56 Å². The molecule has 0 spiro atoms. The van der Waals surface area contributed by atoms with E-state index in [-0.39, 0.29) is 5.56 Å². The van der Waals surface area contributed by atoms with Crippen LogP contribution in [0.15, 0.2) is 90.0 Å². The monoisotopic (exact) mass is 425 g/mol. The number of aromatic nitrogens is 4. The first-order valence-electron chi connectivity index (χ1n) is 9.74. The van der Waals surface area contributed by atoms with Crippen molar-refractivity contribution in [3.8, 4) is 11.4 Å². The highest BCUT2D eigenvalue weighted by molar-refractivity contribution is 8.03. The van der Waals surface area contributed by atoms with Gasteiger partial charge in [-0.1, -0.05) is 12.6 Å². The van der Waals surface area contributed by atoms with E-state index in [1.54, 1.807) is 26.9 Å². The SMILES string of the molecule is C=CSNc1cc(-n2c(=O)ccc3cnc4ccc(-n5cccn5)cc4c32)ccc1C. The van der Waals surface area contributed by atoms with E-state index < -0.39 is 0 Å². The standard InChI is InChI=1S/C24H19N5OS/c1-3-31-27-22-14-19(7-5-16(22)2)29-23(30)10-6-17-15-25-21-9-8-18(13-20(21)24(17)29)28-12-4-11-26-28/h3-15,27H,1H2,2H3. The summed E-state index contributed by atoms with van der Waals surface area (Å²) in [5.74, 6) is 0. The molecule has 0 aliphatic carbocycles. The number of fused-ring (bicyclic) bond motifs is 3. The number of hydrogen-bond donors (Lipinski definition) is 1. The molecule has 7 heteroatoms. The summed E-state index contributed by atoms with van der Waals surface area (Å²) in [5, 5.41) is 7.84. The maximum atomic E-state index is 13.1. The number of nitrogens with zero attached hydrogens (tertiary/aromatic N) is 4. The van der Waals surface area contributed by atoms with Crippen molar-refractivity contribution in [1.82, 2.24) is 19.3 Å². The fourth-order valence-corrected chi connectivity index (χ4v) is 4.11. The summed E-state index contributed by atoms with van der Waals surface area (Å²) in [4.78, 5) is 17.7. The van der Waals surface area contributed by atoms with Crippen molar-refractivity contribution in [3.05, 3.63) is 101 Å². The number of aryl methyl sites for hydroxylation is 1. The number of nitrogens with one attached hydrogen (secondary N) is 1. The van der Waals surface area contributed by atoms with Crippen molar-refractivity contribution in [3.63, 3.8) is 0 Å². The Morgan fingerprint density at radius 2 is 1.97 bits per heavy atom. The van der Waals surface area contributed by atoms with Gasteiger partial charge in [0, 0.05) is 41.1 Å². The first kappa shape index (κ1) is 19.1. The smallest absolute Gasteiger partial charge is 0.255 e. The van der Waals surface area contributed by atoms with Crippen LogP contribution in [0.4, 0.5) is 5.69 Å². The maximum Gasteiger partial charge on any atom is 0.255 e. The molecule has 0 fully saturated rings. The molecule has 152 valence electrons. The van der Waals surface area contributed by atoms with Crippen molar-refractivity contribution in [1.29, 1.82) is 0 Å². The molecule has 0 saturated heterocycles. The molecule has 0 aliphatic heterocycles. The van der Waals surface area contributed by atoms with Crippen LogP contribution in [0.5, 0.6) is 0 Å². The Labute approximate surface area is 183 Å². The van der Waals surface area contributed by atoms with Gasteiger partial charge in [0.25, 0.3) is 5.56 Å². The van der Waals surface area contributed by atoms with Gasteiger partial charge in [-0.05, 0) is 72.3 Å². The van der Waals surface area contributed by atoms with Crippen molar-refractivity contribution < 1.29 is 0 Å². The van der Waals surface area contributed by atoms with Crippen molar-refractivity contribution in [2.75, 3.05) is 4.72 Å². The van der Waals surface area contributed by atoms with E-state index in [4.69, 9.17) is 0 Å². The summed E-state index contributed by atoms with van der Waals surface area (Å²) in [6.07, 6.45) is 5.44. The Kier molecular flexibility index (Phi) is 4.80. The lowest BCUT2D eigenvalue weighted by atomic mass is 10.1. The van der Waals surface area contributed by atoms with E-state index in [0.717, 1.165) is 44.4 Å². The molecule has 0 amide bonds.